The van der Waals surface area contributed by atoms with Crippen LogP contribution in [0.4, 0.5) is 24.9 Å². The number of rotatable bonds is 3. The number of alkyl halides is 3. The van der Waals surface area contributed by atoms with E-state index in [4.69, 9.17) is 5.73 Å². The molecule has 2 saturated heterocycles. The fraction of sp³-hybridized carbons (Fsp3) is 0.500. The Morgan fingerprint density at radius 2 is 1.89 bits per heavy atom. The van der Waals surface area contributed by atoms with Gasteiger partial charge in [-0.1, -0.05) is 6.92 Å². The second-order valence-corrected chi connectivity index (χ2v) is 16.3. The molecule has 11 nitrogen and oxygen atoms in total. The SMILES string of the molecule is CCC(=O)N1[C@H](C)CN(c2nc(=O)n3c4c(c(-c5scc6[nH]c(N)nc56)c(C(F)(F)F)cc24)SCC2(C3)CS(=O)(=O)C2)C[C@@H]1C. The monoisotopic (exact) mass is 681 g/mol. The topological polar surface area (TPSA) is 147 Å². The highest BCUT2D eigenvalue weighted by atomic mass is 32.2. The van der Waals surface area contributed by atoms with Crippen LogP contribution in [-0.2, 0) is 27.4 Å². The van der Waals surface area contributed by atoms with Crippen molar-refractivity contribution in [2.24, 2.45) is 5.41 Å². The van der Waals surface area contributed by atoms with E-state index in [9.17, 15) is 18.0 Å². The van der Waals surface area contributed by atoms with E-state index >= 15 is 13.2 Å². The Bertz CT molecular complexity index is 2050. The Balaban J connectivity index is 1.51. The number of aromatic amines is 1. The summed E-state index contributed by atoms with van der Waals surface area (Å²) >= 11 is 2.23. The lowest BCUT2D eigenvalue weighted by molar-refractivity contribution is -0.137. The molecule has 3 aliphatic heterocycles. The van der Waals surface area contributed by atoms with E-state index < -0.39 is 32.7 Å². The number of benzene rings is 1. The number of thiophene rings is 1. The number of fused-ring (bicyclic) bond motifs is 1. The second-order valence-electron chi connectivity index (χ2n) is 12.4. The smallest absolute Gasteiger partial charge is 0.369 e. The van der Waals surface area contributed by atoms with Gasteiger partial charge in [-0.25, -0.2) is 18.2 Å². The zero-order valence-electron chi connectivity index (χ0n) is 24.6. The molecule has 2 atom stereocenters. The van der Waals surface area contributed by atoms with Crippen molar-refractivity contribution in [1.29, 1.82) is 0 Å². The molecule has 0 unspecified atom stereocenters. The van der Waals surface area contributed by atoms with Gasteiger partial charge in [0.05, 0.1) is 33.0 Å². The van der Waals surface area contributed by atoms with Crippen LogP contribution >= 0.6 is 23.1 Å². The second kappa shape index (κ2) is 10.1. The number of anilines is 2. The molecular weight excluding hydrogens is 652 g/mol. The van der Waals surface area contributed by atoms with Gasteiger partial charge in [-0.15, -0.1) is 23.1 Å². The number of imidazole rings is 1. The van der Waals surface area contributed by atoms with Gasteiger partial charge in [0.1, 0.15) is 11.3 Å². The third-order valence-corrected chi connectivity index (χ3v) is 13.4. The summed E-state index contributed by atoms with van der Waals surface area (Å²) in [4.78, 5) is 42.1. The number of halogens is 3. The molecule has 17 heteroatoms. The molecule has 0 saturated carbocycles. The van der Waals surface area contributed by atoms with E-state index in [-0.39, 0.29) is 98.4 Å². The number of amides is 1. The summed E-state index contributed by atoms with van der Waals surface area (Å²) in [5.41, 5.74) is 4.42. The van der Waals surface area contributed by atoms with Crippen LogP contribution < -0.4 is 16.3 Å². The Morgan fingerprint density at radius 3 is 2.51 bits per heavy atom. The maximum Gasteiger partial charge on any atom is 0.417 e. The summed E-state index contributed by atoms with van der Waals surface area (Å²) in [6, 6.07) is 0.502. The zero-order valence-corrected chi connectivity index (χ0v) is 27.0. The highest BCUT2D eigenvalue weighted by Crippen LogP contribution is 2.53. The van der Waals surface area contributed by atoms with Crippen molar-refractivity contribution >= 4 is 72.5 Å². The van der Waals surface area contributed by atoms with Gasteiger partial charge in [-0.2, -0.15) is 18.2 Å². The normalized spacial score (nSPS) is 22.6. The highest BCUT2D eigenvalue weighted by Gasteiger charge is 2.51. The van der Waals surface area contributed by atoms with Crippen LogP contribution in [0.25, 0.3) is 32.4 Å². The molecule has 1 spiro atoms. The number of H-pyrrole nitrogens is 1. The summed E-state index contributed by atoms with van der Waals surface area (Å²) in [6.45, 7) is 6.07. The summed E-state index contributed by atoms with van der Waals surface area (Å²) in [6.07, 6.45) is -4.48. The molecule has 3 aliphatic rings. The van der Waals surface area contributed by atoms with Gasteiger partial charge in [0.25, 0.3) is 0 Å². The minimum Gasteiger partial charge on any atom is -0.369 e. The van der Waals surface area contributed by atoms with Crippen LogP contribution in [-0.4, -0.2) is 81.2 Å². The first-order valence-electron chi connectivity index (χ1n) is 14.4. The molecule has 7 rings (SSSR count). The van der Waals surface area contributed by atoms with Gasteiger partial charge in [0.2, 0.25) is 5.91 Å². The number of thioether (sulfide) groups is 1. The lowest BCUT2D eigenvalue weighted by Gasteiger charge is -2.45. The molecule has 240 valence electrons. The van der Waals surface area contributed by atoms with Crippen molar-refractivity contribution in [3.63, 3.8) is 0 Å². The Labute approximate surface area is 263 Å². The Kier molecular flexibility index (Phi) is 6.81. The van der Waals surface area contributed by atoms with E-state index in [2.05, 4.69) is 15.0 Å². The van der Waals surface area contributed by atoms with Gasteiger partial charge in [-0.05, 0) is 19.9 Å². The van der Waals surface area contributed by atoms with Crippen LogP contribution in [0.2, 0.25) is 0 Å². The van der Waals surface area contributed by atoms with Crippen LogP contribution in [0.5, 0.6) is 0 Å². The Morgan fingerprint density at radius 1 is 1.20 bits per heavy atom. The molecule has 0 radical (unpaired) electrons. The third-order valence-electron chi connectivity index (χ3n) is 8.87. The number of nitrogen functional groups attached to an aromatic ring is 1. The predicted molar refractivity (Wildman–Crippen MR) is 168 cm³/mol. The molecule has 6 heterocycles. The summed E-state index contributed by atoms with van der Waals surface area (Å²) in [7, 11) is -3.33. The van der Waals surface area contributed by atoms with Crippen molar-refractivity contribution in [3.05, 3.63) is 27.5 Å². The first kappa shape index (κ1) is 30.3. The van der Waals surface area contributed by atoms with E-state index in [1.54, 1.807) is 22.1 Å². The van der Waals surface area contributed by atoms with E-state index in [0.717, 1.165) is 29.2 Å². The Hall–Kier alpha value is -3.31. The van der Waals surface area contributed by atoms with Gasteiger partial charge in [0, 0.05) is 70.5 Å². The summed E-state index contributed by atoms with van der Waals surface area (Å²) in [5, 5.41) is 1.80. The molecule has 3 N–H and O–H groups in total. The molecule has 0 bridgehead atoms. The van der Waals surface area contributed by atoms with Gasteiger partial charge in [-0.3, -0.25) is 9.36 Å². The number of carbonyl (C=O) groups is 1. The highest BCUT2D eigenvalue weighted by molar-refractivity contribution is 8.00. The molecule has 45 heavy (non-hydrogen) atoms. The van der Waals surface area contributed by atoms with E-state index in [1.807, 2.05) is 13.8 Å². The van der Waals surface area contributed by atoms with E-state index in [1.165, 1.54) is 4.57 Å². The number of carbonyl (C=O) groups excluding carboxylic acids is 1. The van der Waals surface area contributed by atoms with Crippen molar-refractivity contribution in [3.8, 4) is 10.4 Å². The van der Waals surface area contributed by atoms with Gasteiger partial charge >= 0.3 is 11.9 Å². The first-order valence-corrected chi connectivity index (χ1v) is 18.1. The number of piperazine rings is 1. The van der Waals surface area contributed by atoms with E-state index in [0.29, 0.717) is 11.9 Å². The maximum absolute atomic E-state index is 15.1. The average Bonchev–Trinajstić information content (AvgIpc) is 3.43. The number of nitrogens with zero attached hydrogens (tertiary/aromatic N) is 5. The van der Waals surface area contributed by atoms with Gasteiger partial charge in [0.15, 0.2) is 15.8 Å². The van der Waals surface area contributed by atoms with Crippen LogP contribution in [0.1, 0.15) is 32.8 Å². The van der Waals surface area contributed by atoms with Crippen LogP contribution in [0.3, 0.4) is 0 Å². The third kappa shape index (κ3) is 4.80. The fourth-order valence-corrected chi connectivity index (χ4v) is 12.2. The lowest BCUT2D eigenvalue weighted by Crippen LogP contribution is -2.59. The fourth-order valence-electron chi connectivity index (χ4n) is 7.23. The zero-order chi connectivity index (χ0) is 32.2. The summed E-state index contributed by atoms with van der Waals surface area (Å²) in [5.74, 6) is 0.0191. The number of hydrogen-bond donors (Lipinski definition) is 2. The molecule has 2 fully saturated rings. The van der Waals surface area contributed by atoms with Crippen molar-refractivity contribution < 1.29 is 26.4 Å². The number of nitrogens with two attached hydrogens (primary N) is 1. The number of nitrogens with one attached hydrogen (secondary N) is 1. The number of hydrogen-bond acceptors (Lipinski definition) is 10. The minimum atomic E-state index is -4.80. The lowest BCUT2D eigenvalue weighted by atomic mass is 9.94. The summed E-state index contributed by atoms with van der Waals surface area (Å²) < 4.78 is 71.4. The molecule has 3 aromatic heterocycles. The molecule has 1 amide bonds. The predicted octanol–water partition coefficient (Wildman–Crippen LogP) is 3.96. The standard InChI is InChI=1S/C28H30F3N7O4S3/c1-4-18(39)38-13(2)6-36(7-14(38)3)24-15-5-16(28(29,30)31)19(22-20-17(8-43-22)33-25(32)34-20)23-21(15)37(26(40)35-24)9-27(10-44-23)11-45(41,42)12-27/h5,8,13-14H,4,6-7,9-12H2,1-3H3,(H3,32,33,34)/t13-,14+. The van der Waals surface area contributed by atoms with Crippen LogP contribution in [0, 0.1) is 5.41 Å². The average molecular weight is 682 g/mol. The quantitative estimate of drug-likeness (QED) is 0.328. The van der Waals surface area contributed by atoms with Crippen LogP contribution in [0.15, 0.2) is 21.1 Å². The van der Waals surface area contributed by atoms with Crippen molar-refractivity contribution in [1.82, 2.24) is 24.4 Å². The van der Waals surface area contributed by atoms with Gasteiger partial charge < -0.3 is 20.5 Å². The minimum absolute atomic E-state index is 0.0143. The van der Waals surface area contributed by atoms with Crippen molar-refractivity contribution in [2.75, 3.05) is 41.0 Å². The maximum atomic E-state index is 15.1. The molecular formula is C28H30F3N7O4S3. The largest absolute Gasteiger partial charge is 0.417 e. The number of sulfone groups is 1. The van der Waals surface area contributed by atoms with Crippen molar-refractivity contribution in [2.45, 2.75) is 56.9 Å². The molecule has 0 aliphatic carbocycles. The first-order chi connectivity index (χ1) is 21.1. The molecule has 1 aromatic carbocycles. The number of aromatic nitrogens is 4. The molecule has 4 aromatic rings.